The Hall–Kier alpha value is -0.0800. The highest BCUT2D eigenvalue weighted by Crippen LogP contribution is 2.56. The van der Waals surface area contributed by atoms with Gasteiger partial charge < -0.3 is 10.5 Å². The smallest absolute Gasteiger partial charge is 0.0685 e. The van der Waals surface area contributed by atoms with Crippen molar-refractivity contribution in [2.45, 2.75) is 70.4 Å². The quantitative estimate of drug-likeness (QED) is 0.801. The number of hydrogen-bond donors (Lipinski definition) is 1. The van der Waals surface area contributed by atoms with Crippen LogP contribution in [-0.2, 0) is 4.74 Å². The Kier molecular flexibility index (Phi) is 2.79. The van der Waals surface area contributed by atoms with Gasteiger partial charge in [0, 0.05) is 12.6 Å². The lowest BCUT2D eigenvalue weighted by Gasteiger charge is -2.41. The van der Waals surface area contributed by atoms with Crippen LogP contribution in [0.1, 0.15) is 58.8 Å². The van der Waals surface area contributed by atoms with Crippen LogP contribution in [0.4, 0.5) is 0 Å². The number of nitrogens with two attached hydrogens (primary N) is 1. The summed E-state index contributed by atoms with van der Waals surface area (Å²) in [6.45, 7) is 5.68. The molecule has 1 aliphatic heterocycles. The van der Waals surface area contributed by atoms with E-state index in [2.05, 4.69) is 13.8 Å². The summed E-state index contributed by atoms with van der Waals surface area (Å²) in [5.74, 6) is 1.48. The Labute approximate surface area is 105 Å². The summed E-state index contributed by atoms with van der Waals surface area (Å²) < 4.78 is 6.10. The molecule has 2 heteroatoms. The van der Waals surface area contributed by atoms with Gasteiger partial charge in [0.1, 0.15) is 0 Å². The molecule has 0 aromatic heterocycles. The minimum Gasteiger partial charge on any atom is -0.375 e. The monoisotopic (exact) mass is 237 g/mol. The highest BCUT2D eigenvalue weighted by molar-refractivity contribution is 5.04. The van der Waals surface area contributed by atoms with Gasteiger partial charge in [0.2, 0.25) is 0 Å². The van der Waals surface area contributed by atoms with E-state index in [0.29, 0.717) is 17.4 Å². The maximum Gasteiger partial charge on any atom is 0.0685 e. The van der Waals surface area contributed by atoms with Crippen LogP contribution in [0.15, 0.2) is 0 Å². The summed E-state index contributed by atoms with van der Waals surface area (Å²) in [6.07, 6.45) is 9.04. The van der Waals surface area contributed by atoms with E-state index in [1.165, 1.54) is 44.9 Å². The largest absolute Gasteiger partial charge is 0.375 e. The second-order valence-electron chi connectivity index (χ2n) is 7.37. The molecule has 0 radical (unpaired) electrons. The summed E-state index contributed by atoms with van der Waals surface area (Å²) in [7, 11) is 0. The Morgan fingerprint density at radius 1 is 1.18 bits per heavy atom. The van der Waals surface area contributed by atoms with Crippen LogP contribution in [0.5, 0.6) is 0 Å². The van der Waals surface area contributed by atoms with Crippen LogP contribution in [0, 0.1) is 17.3 Å². The summed E-state index contributed by atoms with van der Waals surface area (Å²) >= 11 is 0. The van der Waals surface area contributed by atoms with Gasteiger partial charge >= 0.3 is 0 Å². The topological polar surface area (TPSA) is 35.2 Å². The van der Waals surface area contributed by atoms with Crippen LogP contribution in [0.25, 0.3) is 0 Å². The Morgan fingerprint density at radius 3 is 2.41 bits per heavy atom. The second kappa shape index (κ2) is 3.96. The lowest BCUT2D eigenvalue weighted by Crippen LogP contribution is -2.45. The van der Waals surface area contributed by atoms with E-state index >= 15 is 0 Å². The van der Waals surface area contributed by atoms with E-state index < -0.39 is 0 Å². The molecule has 1 spiro atoms. The van der Waals surface area contributed by atoms with Crippen molar-refractivity contribution in [1.29, 1.82) is 0 Å². The third kappa shape index (κ3) is 2.15. The molecule has 2 saturated carbocycles. The average Bonchev–Trinajstić information content (AvgIpc) is 2.71. The molecule has 1 heterocycles. The highest BCUT2D eigenvalue weighted by Gasteiger charge is 2.52. The average molecular weight is 237 g/mol. The molecule has 0 bridgehead atoms. The van der Waals surface area contributed by atoms with Gasteiger partial charge in [-0.1, -0.05) is 26.7 Å². The van der Waals surface area contributed by atoms with Crippen molar-refractivity contribution in [3.63, 3.8) is 0 Å². The van der Waals surface area contributed by atoms with Gasteiger partial charge in [-0.25, -0.2) is 0 Å². The maximum atomic E-state index is 6.52. The lowest BCUT2D eigenvalue weighted by atomic mass is 9.78. The first-order valence-corrected chi connectivity index (χ1v) is 7.42. The fourth-order valence-corrected chi connectivity index (χ4v) is 4.26. The maximum absolute atomic E-state index is 6.52. The third-order valence-corrected chi connectivity index (χ3v) is 5.64. The third-order valence-electron chi connectivity index (χ3n) is 5.64. The van der Waals surface area contributed by atoms with E-state index in [9.17, 15) is 0 Å². The number of rotatable bonds is 2. The zero-order chi connectivity index (χ0) is 12.1. The Bertz CT molecular complexity index is 293. The van der Waals surface area contributed by atoms with E-state index in [0.717, 1.165) is 12.5 Å². The summed E-state index contributed by atoms with van der Waals surface area (Å²) in [5, 5.41) is 0. The van der Waals surface area contributed by atoms with Gasteiger partial charge in [-0.2, -0.15) is 0 Å². The van der Waals surface area contributed by atoms with E-state index in [4.69, 9.17) is 10.5 Å². The highest BCUT2D eigenvalue weighted by atomic mass is 16.5. The predicted molar refractivity (Wildman–Crippen MR) is 69.7 cm³/mol. The standard InChI is InChI=1S/C15H27NO/c1-14(2)10-12(14)13(16)11-5-8-17-15(9-11)6-3-4-7-15/h11-13H,3-10,16H2,1-2H3. The number of ether oxygens (including phenoxy) is 1. The molecule has 3 rings (SSSR count). The van der Waals surface area contributed by atoms with Crippen LogP contribution in [0.2, 0.25) is 0 Å². The summed E-state index contributed by atoms with van der Waals surface area (Å²) in [5.41, 5.74) is 7.27. The summed E-state index contributed by atoms with van der Waals surface area (Å²) in [6, 6.07) is 0.423. The normalized spacial score (nSPS) is 40.4. The minimum absolute atomic E-state index is 0.236. The Morgan fingerprint density at radius 2 is 1.82 bits per heavy atom. The molecule has 0 amide bonds. The van der Waals surface area contributed by atoms with Crippen molar-refractivity contribution in [3.05, 3.63) is 0 Å². The molecule has 2 nitrogen and oxygen atoms in total. The van der Waals surface area contributed by atoms with Gasteiger partial charge in [0.25, 0.3) is 0 Å². The molecule has 3 atom stereocenters. The van der Waals surface area contributed by atoms with Gasteiger partial charge in [0.15, 0.2) is 0 Å². The first-order valence-electron chi connectivity index (χ1n) is 7.42. The fraction of sp³-hybridized carbons (Fsp3) is 1.00. The molecule has 0 aromatic carbocycles. The van der Waals surface area contributed by atoms with E-state index in [-0.39, 0.29) is 5.60 Å². The zero-order valence-electron chi connectivity index (χ0n) is 11.4. The molecule has 17 heavy (non-hydrogen) atoms. The van der Waals surface area contributed by atoms with Crippen LogP contribution in [-0.4, -0.2) is 18.2 Å². The van der Waals surface area contributed by atoms with Crippen molar-refractivity contribution in [1.82, 2.24) is 0 Å². The molecule has 98 valence electrons. The SMILES string of the molecule is CC1(C)CC1C(N)C1CCOC2(CCCC2)C1. The molecular weight excluding hydrogens is 210 g/mol. The van der Waals surface area contributed by atoms with Crippen LogP contribution in [0.3, 0.4) is 0 Å². The van der Waals surface area contributed by atoms with Crippen molar-refractivity contribution in [2.75, 3.05) is 6.61 Å². The Balaban J connectivity index is 1.64. The number of hydrogen-bond acceptors (Lipinski definition) is 2. The lowest BCUT2D eigenvalue weighted by molar-refractivity contribution is -0.0975. The van der Waals surface area contributed by atoms with E-state index in [1.54, 1.807) is 0 Å². The van der Waals surface area contributed by atoms with Gasteiger partial charge in [-0.05, 0) is 49.4 Å². The van der Waals surface area contributed by atoms with Gasteiger partial charge in [-0.3, -0.25) is 0 Å². The molecule has 3 unspecified atom stereocenters. The molecule has 0 aromatic rings. The molecule has 3 fully saturated rings. The van der Waals surface area contributed by atoms with Crippen molar-refractivity contribution < 1.29 is 4.74 Å². The fourth-order valence-electron chi connectivity index (χ4n) is 4.26. The van der Waals surface area contributed by atoms with Gasteiger partial charge in [-0.15, -0.1) is 0 Å². The van der Waals surface area contributed by atoms with Crippen molar-refractivity contribution in [3.8, 4) is 0 Å². The molecular formula is C15H27NO. The van der Waals surface area contributed by atoms with Crippen LogP contribution >= 0.6 is 0 Å². The zero-order valence-corrected chi connectivity index (χ0v) is 11.4. The summed E-state index contributed by atoms with van der Waals surface area (Å²) in [4.78, 5) is 0. The van der Waals surface area contributed by atoms with Crippen LogP contribution < -0.4 is 5.73 Å². The second-order valence-corrected chi connectivity index (χ2v) is 7.37. The molecule has 1 saturated heterocycles. The molecule has 2 aliphatic carbocycles. The van der Waals surface area contributed by atoms with E-state index in [1.807, 2.05) is 0 Å². The minimum atomic E-state index is 0.236. The first-order chi connectivity index (χ1) is 8.03. The molecule has 3 aliphatic rings. The van der Waals surface area contributed by atoms with Gasteiger partial charge in [0.05, 0.1) is 5.60 Å². The molecule has 2 N–H and O–H groups in total. The van der Waals surface area contributed by atoms with Crippen molar-refractivity contribution in [2.24, 2.45) is 23.0 Å². The predicted octanol–water partition coefficient (Wildman–Crippen LogP) is 3.10. The first kappa shape index (κ1) is 12.0. The van der Waals surface area contributed by atoms with Crippen molar-refractivity contribution >= 4 is 0 Å².